The maximum atomic E-state index is 12.3. The Morgan fingerprint density at radius 3 is 2.15 bits per heavy atom. The Kier molecular flexibility index (Phi) is 6.80. The van der Waals surface area contributed by atoms with Gasteiger partial charge in [0.15, 0.2) is 0 Å². The van der Waals surface area contributed by atoms with Crippen LogP contribution in [0.5, 0.6) is 5.75 Å². The number of methoxy groups -OCH3 is 2. The molecule has 0 saturated carbocycles. The summed E-state index contributed by atoms with van der Waals surface area (Å²) in [4.78, 5) is 36.8. The first-order valence-electron chi connectivity index (χ1n) is 7.66. The van der Waals surface area contributed by atoms with Crippen LogP contribution in [0.25, 0.3) is 0 Å². The first-order valence-corrected chi connectivity index (χ1v) is 8.65. The lowest BCUT2D eigenvalue weighted by Gasteiger charge is -2.16. The highest BCUT2D eigenvalue weighted by molar-refractivity contribution is 7.98. The molecule has 26 heavy (non-hydrogen) atoms. The summed E-state index contributed by atoms with van der Waals surface area (Å²) in [5.41, 5.74) is 0.637. The van der Waals surface area contributed by atoms with Crippen LogP contribution in [0, 0.1) is 0 Å². The summed E-state index contributed by atoms with van der Waals surface area (Å²) in [5, 5.41) is 0. The Labute approximate surface area is 155 Å². The number of benzene rings is 2. The summed E-state index contributed by atoms with van der Waals surface area (Å²) in [7, 11) is 2.48. The SMILES string of the molecule is COC(=O)c1ccc(OC(C)=O)c(C(=O)OC)c1CSc1ccccc1. The van der Waals surface area contributed by atoms with Crippen molar-refractivity contribution in [2.45, 2.75) is 17.6 Å². The van der Waals surface area contributed by atoms with E-state index >= 15 is 0 Å². The van der Waals surface area contributed by atoms with Gasteiger partial charge in [-0.25, -0.2) is 9.59 Å². The summed E-state index contributed by atoms with van der Waals surface area (Å²) in [6, 6.07) is 12.4. The molecule has 0 aliphatic rings. The van der Waals surface area contributed by atoms with Gasteiger partial charge in [-0.2, -0.15) is 0 Å². The summed E-state index contributed by atoms with van der Waals surface area (Å²) >= 11 is 1.43. The summed E-state index contributed by atoms with van der Waals surface area (Å²) in [5.74, 6) is -1.54. The number of carbonyl (C=O) groups excluding carboxylic acids is 3. The van der Waals surface area contributed by atoms with Gasteiger partial charge in [0.1, 0.15) is 11.3 Å². The van der Waals surface area contributed by atoms with Crippen molar-refractivity contribution in [2.75, 3.05) is 14.2 Å². The molecule has 0 saturated heterocycles. The van der Waals surface area contributed by atoms with Crippen molar-refractivity contribution < 1.29 is 28.6 Å². The standard InChI is InChI=1S/C19H18O6S/c1-12(20)25-16-10-9-14(18(21)23-2)15(17(16)19(22)24-3)11-26-13-7-5-4-6-8-13/h4-10H,11H2,1-3H3. The van der Waals surface area contributed by atoms with E-state index in [0.29, 0.717) is 5.56 Å². The first-order chi connectivity index (χ1) is 12.5. The van der Waals surface area contributed by atoms with E-state index in [0.717, 1.165) is 4.90 Å². The normalized spacial score (nSPS) is 10.1. The summed E-state index contributed by atoms with van der Waals surface area (Å²) < 4.78 is 14.8. The summed E-state index contributed by atoms with van der Waals surface area (Å²) in [6.07, 6.45) is 0. The smallest absolute Gasteiger partial charge is 0.342 e. The van der Waals surface area contributed by atoms with Crippen molar-refractivity contribution in [1.82, 2.24) is 0 Å². The predicted octanol–water partition coefficient (Wildman–Crippen LogP) is 3.48. The van der Waals surface area contributed by atoms with E-state index in [9.17, 15) is 14.4 Å². The molecule has 136 valence electrons. The van der Waals surface area contributed by atoms with Gasteiger partial charge >= 0.3 is 17.9 Å². The fraction of sp³-hybridized carbons (Fsp3) is 0.211. The van der Waals surface area contributed by atoms with Crippen molar-refractivity contribution in [2.24, 2.45) is 0 Å². The van der Waals surface area contributed by atoms with E-state index < -0.39 is 17.9 Å². The average molecular weight is 374 g/mol. The molecule has 7 heteroatoms. The Balaban J connectivity index is 2.55. The third kappa shape index (κ3) is 4.64. The molecule has 0 fully saturated rings. The predicted molar refractivity (Wildman–Crippen MR) is 96.4 cm³/mol. The van der Waals surface area contributed by atoms with Gasteiger partial charge in [-0.05, 0) is 29.8 Å². The van der Waals surface area contributed by atoms with Crippen LogP contribution in [0.15, 0.2) is 47.4 Å². The zero-order valence-corrected chi connectivity index (χ0v) is 15.4. The Hall–Kier alpha value is -2.80. The van der Waals surface area contributed by atoms with Crippen LogP contribution in [0.1, 0.15) is 33.2 Å². The molecule has 0 spiro atoms. The van der Waals surface area contributed by atoms with Gasteiger partial charge in [0, 0.05) is 17.6 Å². The molecule has 0 amide bonds. The summed E-state index contributed by atoms with van der Waals surface area (Å²) in [6.45, 7) is 1.23. The van der Waals surface area contributed by atoms with E-state index in [1.165, 1.54) is 45.0 Å². The van der Waals surface area contributed by atoms with Crippen LogP contribution < -0.4 is 4.74 Å². The number of ether oxygens (including phenoxy) is 3. The second-order valence-electron chi connectivity index (χ2n) is 5.14. The lowest BCUT2D eigenvalue weighted by atomic mass is 10.0. The highest BCUT2D eigenvalue weighted by atomic mass is 32.2. The molecular formula is C19H18O6S. The van der Waals surface area contributed by atoms with Gasteiger partial charge in [-0.3, -0.25) is 4.79 Å². The average Bonchev–Trinajstić information content (AvgIpc) is 2.65. The number of rotatable bonds is 6. The van der Waals surface area contributed by atoms with Gasteiger partial charge in [-0.1, -0.05) is 18.2 Å². The zero-order valence-electron chi connectivity index (χ0n) is 14.6. The minimum absolute atomic E-state index is 0.0361. The monoisotopic (exact) mass is 374 g/mol. The maximum absolute atomic E-state index is 12.3. The largest absolute Gasteiger partial charge is 0.465 e. The number of hydrogen-bond donors (Lipinski definition) is 0. The minimum Gasteiger partial charge on any atom is -0.465 e. The molecule has 0 N–H and O–H groups in total. The van der Waals surface area contributed by atoms with Crippen LogP contribution in [-0.2, 0) is 20.0 Å². The molecule has 0 heterocycles. The molecule has 2 aromatic carbocycles. The number of carbonyl (C=O) groups is 3. The molecule has 0 bridgehead atoms. The van der Waals surface area contributed by atoms with Crippen LogP contribution in [0.2, 0.25) is 0 Å². The van der Waals surface area contributed by atoms with Crippen LogP contribution in [0.3, 0.4) is 0 Å². The lowest BCUT2D eigenvalue weighted by molar-refractivity contribution is -0.131. The molecule has 6 nitrogen and oxygen atoms in total. The number of hydrogen-bond acceptors (Lipinski definition) is 7. The van der Waals surface area contributed by atoms with E-state index in [-0.39, 0.29) is 22.6 Å². The first kappa shape index (κ1) is 19.5. The van der Waals surface area contributed by atoms with Crippen LogP contribution in [-0.4, -0.2) is 32.1 Å². The van der Waals surface area contributed by atoms with Crippen molar-refractivity contribution in [3.8, 4) is 5.75 Å². The zero-order chi connectivity index (χ0) is 19.1. The maximum Gasteiger partial charge on any atom is 0.342 e. The van der Waals surface area contributed by atoms with Gasteiger partial charge < -0.3 is 14.2 Å². The van der Waals surface area contributed by atoms with E-state index in [1.54, 1.807) is 0 Å². The Morgan fingerprint density at radius 2 is 1.58 bits per heavy atom. The van der Waals surface area contributed by atoms with Crippen LogP contribution in [0.4, 0.5) is 0 Å². The number of thioether (sulfide) groups is 1. The fourth-order valence-electron chi connectivity index (χ4n) is 2.32. The molecule has 0 aliphatic heterocycles. The molecule has 0 radical (unpaired) electrons. The fourth-order valence-corrected chi connectivity index (χ4v) is 3.28. The second kappa shape index (κ2) is 9.05. The molecular weight excluding hydrogens is 356 g/mol. The van der Waals surface area contributed by atoms with Crippen molar-refractivity contribution in [3.05, 3.63) is 59.2 Å². The highest BCUT2D eigenvalue weighted by Crippen LogP contribution is 2.32. The molecule has 2 rings (SSSR count). The third-order valence-electron chi connectivity index (χ3n) is 3.45. The molecule has 0 aromatic heterocycles. The van der Waals surface area contributed by atoms with Crippen molar-refractivity contribution >= 4 is 29.7 Å². The van der Waals surface area contributed by atoms with E-state index in [1.807, 2.05) is 30.3 Å². The minimum atomic E-state index is -0.698. The van der Waals surface area contributed by atoms with Gasteiger partial charge in [0.25, 0.3) is 0 Å². The third-order valence-corrected chi connectivity index (χ3v) is 4.49. The van der Waals surface area contributed by atoms with E-state index in [4.69, 9.17) is 14.2 Å². The van der Waals surface area contributed by atoms with Gasteiger partial charge in [-0.15, -0.1) is 11.8 Å². The molecule has 0 unspecified atom stereocenters. The quantitative estimate of drug-likeness (QED) is 0.435. The van der Waals surface area contributed by atoms with Crippen molar-refractivity contribution in [1.29, 1.82) is 0 Å². The topological polar surface area (TPSA) is 78.9 Å². The number of esters is 3. The molecule has 0 aliphatic carbocycles. The van der Waals surface area contributed by atoms with Crippen molar-refractivity contribution in [3.63, 3.8) is 0 Å². The van der Waals surface area contributed by atoms with E-state index in [2.05, 4.69) is 0 Å². The second-order valence-corrected chi connectivity index (χ2v) is 6.19. The van der Waals surface area contributed by atoms with Gasteiger partial charge in [0.2, 0.25) is 0 Å². The molecule has 0 atom stereocenters. The molecule has 2 aromatic rings. The Morgan fingerprint density at radius 1 is 0.923 bits per heavy atom. The lowest BCUT2D eigenvalue weighted by Crippen LogP contribution is -2.15. The Bertz CT molecular complexity index is 816. The van der Waals surface area contributed by atoms with Gasteiger partial charge in [0.05, 0.1) is 19.8 Å². The highest BCUT2D eigenvalue weighted by Gasteiger charge is 2.25. The van der Waals surface area contributed by atoms with Crippen LogP contribution >= 0.6 is 11.8 Å².